The van der Waals surface area contributed by atoms with Crippen LogP contribution in [0.15, 0.2) is 18.2 Å². The van der Waals surface area contributed by atoms with Crippen LogP contribution in [-0.2, 0) is 30.3 Å². The highest BCUT2D eigenvalue weighted by molar-refractivity contribution is 5.80. The molecule has 33 heavy (non-hydrogen) atoms. The molecule has 0 bridgehead atoms. The number of benzene rings is 1. The molecule has 0 aliphatic carbocycles. The molecule has 0 saturated heterocycles. The van der Waals surface area contributed by atoms with Gasteiger partial charge in [0.2, 0.25) is 0 Å². The number of esters is 3. The molecule has 0 amide bonds. The lowest BCUT2D eigenvalue weighted by Crippen LogP contribution is -2.52. The van der Waals surface area contributed by atoms with Gasteiger partial charge in [-0.1, -0.05) is 26.8 Å². The van der Waals surface area contributed by atoms with E-state index in [2.05, 4.69) is 0 Å². The molecule has 0 radical (unpaired) electrons. The number of ether oxygens (including phenoxy) is 3. The molecule has 0 aromatic heterocycles. The topological polar surface area (TPSA) is 142 Å². The van der Waals surface area contributed by atoms with Gasteiger partial charge in [0.05, 0.1) is 0 Å². The number of nitrogens with two attached hydrogens (primary N) is 1. The van der Waals surface area contributed by atoms with Gasteiger partial charge in [0.15, 0.2) is 11.5 Å². The van der Waals surface area contributed by atoms with Crippen LogP contribution in [0.25, 0.3) is 0 Å². The van der Waals surface area contributed by atoms with E-state index in [4.69, 9.17) is 19.9 Å². The number of rotatable bonds is 14. The van der Waals surface area contributed by atoms with Crippen LogP contribution < -0.4 is 15.2 Å². The molecular weight excluding hydrogens is 430 g/mol. The molecule has 184 valence electrons. The fraction of sp³-hybridized carbons (Fsp3) is 0.583. The molecule has 9 heteroatoms. The number of carbonyl (C=O) groups is 4. The van der Waals surface area contributed by atoms with Crippen molar-refractivity contribution in [1.29, 1.82) is 0 Å². The first-order chi connectivity index (χ1) is 15.5. The summed E-state index contributed by atoms with van der Waals surface area (Å²) in [5.41, 5.74) is 4.92. The standard InChI is InChI=1S/C24H35NO8/c1-5-8-20(26)31-16(4)14-24(25,23(29)30)15-17-11-12-18(32-21(27)9-6-2)19(13-17)33-22(28)10-7-3/h11-13,16H,5-10,14-15,25H2,1-4H3,(H,29,30)/t16-,24?/m0/s1. The highest BCUT2D eigenvalue weighted by Crippen LogP contribution is 2.31. The number of aliphatic carboxylic acids is 1. The second-order valence-corrected chi connectivity index (χ2v) is 8.12. The Bertz CT molecular complexity index is 838. The summed E-state index contributed by atoms with van der Waals surface area (Å²) in [7, 11) is 0. The van der Waals surface area contributed by atoms with Crippen LogP contribution in [0, 0.1) is 0 Å². The van der Waals surface area contributed by atoms with Crippen molar-refractivity contribution >= 4 is 23.9 Å². The highest BCUT2D eigenvalue weighted by atomic mass is 16.6. The number of hydrogen-bond donors (Lipinski definition) is 2. The monoisotopic (exact) mass is 465 g/mol. The SMILES string of the molecule is CCCC(=O)Oc1ccc(CC(N)(C[C@H](C)OC(=O)CCC)C(=O)O)cc1OC(=O)CCC. The zero-order valence-corrected chi connectivity index (χ0v) is 19.8. The molecule has 0 heterocycles. The van der Waals surface area contributed by atoms with Gasteiger partial charge in [0.25, 0.3) is 0 Å². The zero-order chi connectivity index (χ0) is 25.0. The smallest absolute Gasteiger partial charge is 0.324 e. The fourth-order valence-electron chi connectivity index (χ4n) is 3.22. The lowest BCUT2D eigenvalue weighted by molar-refractivity contribution is -0.153. The third-order valence-corrected chi connectivity index (χ3v) is 4.75. The first kappa shape index (κ1) is 28.1. The summed E-state index contributed by atoms with van der Waals surface area (Å²) in [5, 5.41) is 9.78. The van der Waals surface area contributed by atoms with Crippen molar-refractivity contribution < 1.29 is 38.5 Å². The average molecular weight is 466 g/mol. The van der Waals surface area contributed by atoms with Crippen molar-refractivity contribution in [2.45, 2.75) is 90.7 Å². The lowest BCUT2D eigenvalue weighted by atomic mass is 9.86. The van der Waals surface area contributed by atoms with Gasteiger partial charge in [-0.25, -0.2) is 0 Å². The van der Waals surface area contributed by atoms with Gasteiger partial charge in [-0.3, -0.25) is 19.2 Å². The van der Waals surface area contributed by atoms with Crippen LogP contribution >= 0.6 is 0 Å². The molecule has 3 N–H and O–H groups in total. The largest absolute Gasteiger partial charge is 0.480 e. The summed E-state index contributed by atoms with van der Waals surface area (Å²) in [5.74, 6) is -2.56. The molecule has 9 nitrogen and oxygen atoms in total. The third kappa shape index (κ3) is 9.61. The Hall–Kier alpha value is -2.94. The molecule has 0 saturated carbocycles. The molecule has 0 aliphatic heterocycles. The summed E-state index contributed by atoms with van der Waals surface area (Å²) < 4.78 is 15.9. The Morgan fingerprint density at radius 3 is 1.94 bits per heavy atom. The Labute approximate surface area is 194 Å². The minimum atomic E-state index is -1.74. The van der Waals surface area contributed by atoms with E-state index in [1.54, 1.807) is 13.0 Å². The molecule has 1 rings (SSSR count). The van der Waals surface area contributed by atoms with Crippen LogP contribution in [0.2, 0.25) is 0 Å². The van der Waals surface area contributed by atoms with E-state index in [-0.39, 0.29) is 43.6 Å². The molecule has 1 aromatic rings. The molecular formula is C24H35NO8. The van der Waals surface area contributed by atoms with Crippen LogP contribution in [0.5, 0.6) is 11.5 Å². The molecule has 1 aromatic carbocycles. The Morgan fingerprint density at radius 2 is 1.42 bits per heavy atom. The summed E-state index contributed by atoms with van der Waals surface area (Å²) in [4.78, 5) is 47.7. The van der Waals surface area contributed by atoms with Gasteiger partial charge < -0.3 is 25.1 Å². The van der Waals surface area contributed by atoms with Gasteiger partial charge in [0.1, 0.15) is 11.6 Å². The van der Waals surface area contributed by atoms with Crippen molar-refractivity contribution in [3.05, 3.63) is 23.8 Å². The second kappa shape index (κ2) is 13.6. The van der Waals surface area contributed by atoms with Crippen molar-refractivity contribution in [1.82, 2.24) is 0 Å². The Balaban J connectivity index is 3.14. The summed E-state index contributed by atoms with van der Waals surface area (Å²) >= 11 is 0. The minimum absolute atomic E-state index is 0.0190. The van der Waals surface area contributed by atoms with E-state index in [0.717, 1.165) is 0 Å². The summed E-state index contributed by atoms with van der Waals surface area (Å²) in [6, 6.07) is 4.45. The number of carbonyl (C=O) groups excluding carboxylic acids is 3. The van der Waals surface area contributed by atoms with Crippen molar-refractivity contribution in [3.63, 3.8) is 0 Å². The normalized spacial score (nSPS) is 13.5. The Kier molecular flexibility index (Phi) is 11.6. The number of hydrogen-bond acceptors (Lipinski definition) is 8. The predicted octanol–water partition coefficient (Wildman–Crippen LogP) is 3.54. The number of carboxylic acids is 1. The Morgan fingerprint density at radius 1 is 0.909 bits per heavy atom. The van der Waals surface area contributed by atoms with Crippen LogP contribution in [0.3, 0.4) is 0 Å². The molecule has 0 fully saturated rings. The van der Waals surface area contributed by atoms with E-state index in [9.17, 15) is 24.3 Å². The fourth-order valence-corrected chi connectivity index (χ4v) is 3.22. The predicted molar refractivity (Wildman–Crippen MR) is 121 cm³/mol. The van der Waals surface area contributed by atoms with Gasteiger partial charge in [-0.15, -0.1) is 0 Å². The van der Waals surface area contributed by atoms with E-state index in [0.29, 0.717) is 24.8 Å². The van der Waals surface area contributed by atoms with Gasteiger partial charge >= 0.3 is 23.9 Å². The maximum absolute atomic E-state index is 12.1. The highest BCUT2D eigenvalue weighted by Gasteiger charge is 2.37. The quantitative estimate of drug-likeness (QED) is 0.311. The van der Waals surface area contributed by atoms with E-state index in [1.165, 1.54) is 12.1 Å². The summed E-state index contributed by atoms with van der Waals surface area (Å²) in [6.07, 6.45) is 1.44. The summed E-state index contributed by atoms with van der Waals surface area (Å²) in [6.45, 7) is 7.08. The lowest BCUT2D eigenvalue weighted by Gasteiger charge is -2.28. The van der Waals surface area contributed by atoms with E-state index in [1.807, 2.05) is 20.8 Å². The third-order valence-electron chi connectivity index (χ3n) is 4.75. The average Bonchev–Trinajstić information content (AvgIpc) is 2.70. The molecule has 0 spiro atoms. The maximum atomic E-state index is 12.1. The second-order valence-electron chi connectivity index (χ2n) is 8.12. The van der Waals surface area contributed by atoms with Crippen molar-refractivity contribution in [2.75, 3.05) is 0 Å². The minimum Gasteiger partial charge on any atom is -0.480 e. The van der Waals surface area contributed by atoms with E-state index >= 15 is 0 Å². The zero-order valence-electron chi connectivity index (χ0n) is 19.8. The molecule has 2 atom stereocenters. The number of carboxylic acid groups (broad SMARTS) is 1. The van der Waals surface area contributed by atoms with Crippen LogP contribution in [0.1, 0.15) is 78.2 Å². The molecule has 1 unspecified atom stereocenters. The first-order valence-corrected chi connectivity index (χ1v) is 11.3. The first-order valence-electron chi connectivity index (χ1n) is 11.3. The van der Waals surface area contributed by atoms with E-state index < -0.39 is 35.5 Å². The van der Waals surface area contributed by atoms with Crippen LogP contribution in [0.4, 0.5) is 0 Å². The molecule has 0 aliphatic rings. The van der Waals surface area contributed by atoms with Gasteiger partial charge in [-0.05, 0) is 43.9 Å². The van der Waals surface area contributed by atoms with Crippen molar-refractivity contribution in [3.8, 4) is 11.5 Å². The maximum Gasteiger partial charge on any atom is 0.324 e. The van der Waals surface area contributed by atoms with Crippen LogP contribution in [-0.4, -0.2) is 40.6 Å². The van der Waals surface area contributed by atoms with Gasteiger partial charge in [-0.2, -0.15) is 0 Å². The van der Waals surface area contributed by atoms with Crippen molar-refractivity contribution in [2.24, 2.45) is 5.73 Å². The van der Waals surface area contributed by atoms with Gasteiger partial charge in [0, 0.05) is 32.1 Å².